The Bertz CT molecular complexity index is 1090. The van der Waals surface area contributed by atoms with Gasteiger partial charge in [0.2, 0.25) is 0 Å². The Balaban J connectivity index is 1.34. The minimum Gasteiger partial charge on any atom is -0.435 e. The normalized spacial score (nSPS) is 19.9. The number of hydrogen-bond acceptors (Lipinski definition) is 7. The predicted molar refractivity (Wildman–Crippen MR) is 112 cm³/mol. The highest BCUT2D eigenvalue weighted by Gasteiger charge is 2.34. The van der Waals surface area contributed by atoms with Crippen LogP contribution >= 0.6 is 0 Å². The molecule has 2 bridgehead atoms. The van der Waals surface area contributed by atoms with E-state index in [2.05, 4.69) is 30.1 Å². The summed E-state index contributed by atoms with van der Waals surface area (Å²) < 4.78 is 49.4. The summed E-state index contributed by atoms with van der Waals surface area (Å²) in [6, 6.07) is 9.51. The molecular weight excluding hydrogens is 423 g/mol. The Labute approximate surface area is 182 Å². The highest BCUT2D eigenvalue weighted by Crippen LogP contribution is 2.31. The third-order valence-electron chi connectivity index (χ3n) is 5.54. The zero-order chi connectivity index (χ0) is 22.1. The van der Waals surface area contributed by atoms with Crippen LogP contribution in [0.2, 0.25) is 0 Å². The molecule has 166 valence electrons. The Morgan fingerprint density at radius 3 is 2.50 bits per heavy atom. The molecular formula is C22H20F3N5O2. The van der Waals surface area contributed by atoms with E-state index in [0.717, 1.165) is 31.5 Å². The van der Waals surface area contributed by atoms with Crippen LogP contribution in [0.15, 0.2) is 48.8 Å². The molecule has 0 saturated carbocycles. The van der Waals surface area contributed by atoms with Crippen molar-refractivity contribution in [3.63, 3.8) is 0 Å². The number of anilines is 3. The number of nitrogens with one attached hydrogen (secondary N) is 1. The smallest absolute Gasteiger partial charge is 0.387 e. The summed E-state index contributed by atoms with van der Waals surface area (Å²) in [5.41, 5.74) is 1.65. The number of alkyl halides is 2. The lowest BCUT2D eigenvalue weighted by atomic mass is 10.1. The molecule has 10 heteroatoms. The average Bonchev–Trinajstić information content (AvgIpc) is 3.13. The SMILES string of the molecule is Fc1cnc(N2CC3CCC(C2)O3)cc1Nc1cc(-c2ccc(OC(F)F)cc2)cnn1. The molecule has 5 rings (SSSR count). The summed E-state index contributed by atoms with van der Waals surface area (Å²) in [6.45, 7) is -1.42. The lowest BCUT2D eigenvalue weighted by molar-refractivity contribution is -0.0498. The molecule has 7 nitrogen and oxygen atoms in total. The molecule has 3 aromatic rings. The Morgan fingerprint density at radius 1 is 1.03 bits per heavy atom. The van der Waals surface area contributed by atoms with Gasteiger partial charge in [-0.1, -0.05) is 12.1 Å². The number of ether oxygens (including phenoxy) is 2. The summed E-state index contributed by atoms with van der Waals surface area (Å²) in [5, 5.41) is 11.0. The summed E-state index contributed by atoms with van der Waals surface area (Å²) >= 11 is 0. The van der Waals surface area contributed by atoms with Crippen molar-refractivity contribution in [3.8, 4) is 16.9 Å². The number of benzene rings is 1. The molecule has 2 atom stereocenters. The zero-order valence-corrected chi connectivity index (χ0v) is 16.9. The molecule has 4 heterocycles. The van der Waals surface area contributed by atoms with Crippen LogP contribution in [0.25, 0.3) is 11.1 Å². The third kappa shape index (κ3) is 4.45. The Morgan fingerprint density at radius 2 is 1.78 bits per heavy atom. The molecule has 2 aliphatic rings. The first-order valence-electron chi connectivity index (χ1n) is 10.2. The van der Waals surface area contributed by atoms with Crippen LogP contribution in [0.4, 0.5) is 30.5 Å². The maximum Gasteiger partial charge on any atom is 0.387 e. The third-order valence-corrected chi connectivity index (χ3v) is 5.54. The standard InChI is InChI=1S/C22H20F3N5O2/c23-18-10-26-21(30-11-16-5-6-17(12-30)31-16)8-19(18)28-20-7-14(9-27-29-20)13-1-3-15(4-2-13)32-22(24)25/h1-4,7-10,16-17,22H,5-6,11-12H2,(H,26,28,29). The van der Waals surface area contributed by atoms with E-state index in [1.54, 1.807) is 24.3 Å². The van der Waals surface area contributed by atoms with E-state index in [1.165, 1.54) is 24.5 Å². The number of rotatable bonds is 6. The van der Waals surface area contributed by atoms with Gasteiger partial charge in [0, 0.05) is 24.7 Å². The topological polar surface area (TPSA) is 72.4 Å². The van der Waals surface area contributed by atoms with Crippen molar-refractivity contribution in [3.05, 3.63) is 54.6 Å². The zero-order valence-electron chi connectivity index (χ0n) is 16.9. The van der Waals surface area contributed by atoms with Gasteiger partial charge in [0.25, 0.3) is 0 Å². The Kier molecular flexibility index (Phi) is 5.52. The van der Waals surface area contributed by atoms with Crippen molar-refractivity contribution in [2.24, 2.45) is 0 Å². The monoisotopic (exact) mass is 443 g/mol. The van der Waals surface area contributed by atoms with E-state index in [9.17, 15) is 13.2 Å². The fourth-order valence-electron chi connectivity index (χ4n) is 4.05. The van der Waals surface area contributed by atoms with E-state index < -0.39 is 12.4 Å². The van der Waals surface area contributed by atoms with Gasteiger partial charge in [-0.2, -0.15) is 13.9 Å². The van der Waals surface area contributed by atoms with Crippen LogP contribution in [-0.2, 0) is 4.74 Å². The lowest BCUT2D eigenvalue weighted by Crippen LogP contribution is -2.43. The van der Waals surface area contributed by atoms with Crippen LogP contribution in [0.3, 0.4) is 0 Å². The van der Waals surface area contributed by atoms with Gasteiger partial charge in [-0.15, -0.1) is 5.10 Å². The Hall–Kier alpha value is -3.40. The number of hydrogen-bond donors (Lipinski definition) is 1. The molecule has 1 N–H and O–H groups in total. The highest BCUT2D eigenvalue weighted by molar-refractivity contribution is 5.69. The molecule has 2 saturated heterocycles. The van der Waals surface area contributed by atoms with E-state index >= 15 is 0 Å². The minimum absolute atomic E-state index is 0.0621. The van der Waals surface area contributed by atoms with Crippen LogP contribution in [-0.4, -0.2) is 47.1 Å². The van der Waals surface area contributed by atoms with Crippen molar-refractivity contribution < 1.29 is 22.6 Å². The number of aromatic nitrogens is 3. The van der Waals surface area contributed by atoms with Crippen LogP contribution in [0.1, 0.15) is 12.8 Å². The first-order chi connectivity index (χ1) is 15.5. The van der Waals surface area contributed by atoms with E-state index in [4.69, 9.17) is 4.74 Å². The summed E-state index contributed by atoms with van der Waals surface area (Å²) in [6.07, 6.45) is 5.17. The maximum atomic E-state index is 14.5. The van der Waals surface area contributed by atoms with Crippen LogP contribution < -0.4 is 15.0 Å². The van der Waals surface area contributed by atoms with Crippen molar-refractivity contribution in [1.29, 1.82) is 0 Å². The summed E-state index contributed by atoms with van der Waals surface area (Å²) in [7, 11) is 0. The molecule has 2 unspecified atom stereocenters. The predicted octanol–water partition coefficient (Wildman–Crippen LogP) is 4.39. The molecule has 0 radical (unpaired) electrons. The minimum atomic E-state index is -2.88. The summed E-state index contributed by atoms with van der Waals surface area (Å²) in [5.74, 6) is 0.569. The maximum absolute atomic E-state index is 14.5. The second kappa shape index (κ2) is 8.62. The number of nitrogens with zero attached hydrogens (tertiary/aromatic N) is 4. The largest absolute Gasteiger partial charge is 0.435 e. The summed E-state index contributed by atoms with van der Waals surface area (Å²) in [4.78, 5) is 6.36. The van der Waals surface area contributed by atoms with Gasteiger partial charge in [0.1, 0.15) is 11.6 Å². The van der Waals surface area contributed by atoms with Crippen molar-refractivity contribution in [2.75, 3.05) is 23.3 Å². The fraction of sp³-hybridized carbons (Fsp3) is 0.318. The van der Waals surface area contributed by atoms with Gasteiger partial charge in [-0.25, -0.2) is 9.37 Å². The van der Waals surface area contributed by atoms with Crippen LogP contribution in [0, 0.1) is 5.82 Å². The van der Waals surface area contributed by atoms with Gasteiger partial charge in [-0.05, 0) is 36.6 Å². The van der Waals surface area contributed by atoms with Crippen molar-refractivity contribution in [1.82, 2.24) is 15.2 Å². The average molecular weight is 443 g/mol. The lowest BCUT2D eigenvalue weighted by Gasteiger charge is -2.33. The fourth-order valence-corrected chi connectivity index (χ4v) is 4.05. The van der Waals surface area contributed by atoms with Crippen LogP contribution in [0.5, 0.6) is 5.75 Å². The number of fused-ring (bicyclic) bond motifs is 2. The molecule has 2 fully saturated rings. The van der Waals surface area contributed by atoms with Gasteiger partial charge in [-0.3, -0.25) is 0 Å². The molecule has 2 aromatic heterocycles. The second-order valence-corrected chi connectivity index (χ2v) is 7.74. The van der Waals surface area contributed by atoms with E-state index in [-0.39, 0.29) is 23.6 Å². The highest BCUT2D eigenvalue weighted by atomic mass is 19.3. The number of morpholine rings is 1. The first-order valence-corrected chi connectivity index (χ1v) is 10.2. The number of halogens is 3. The van der Waals surface area contributed by atoms with Gasteiger partial charge >= 0.3 is 6.61 Å². The molecule has 32 heavy (non-hydrogen) atoms. The van der Waals surface area contributed by atoms with Crippen molar-refractivity contribution >= 4 is 17.3 Å². The van der Waals surface area contributed by atoms with Gasteiger partial charge < -0.3 is 19.7 Å². The second-order valence-electron chi connectivity index (χ2n) is 7.74. The molecule has 0 amide bonds. The first kappa shape index (κ1) is 20.5. The molecule has 0 aliphatic carbocycles. The van der Waals surface area contributed by atoms with Gasteiger partial charge in [0.15, 0.2) is 11.6 Å². The molecule has 0 spiro atoms. The molecule has 1 aromatic carbocycles. The van der Waals surface area contributed by atoms with Crippen molar-refractivity contribution in [2.45, 2.75) is 31.7 Å². The molecule has 2 aliphatic heterocycles. The van der Waals surface area contributed by atoms with E-state index in [1.807, 2.05) is 0 Å². The van der Waals surface area contributed by atoms with Gasteiger partial charge in [0.05, 0.1) is 30.3 Å². The van der Waals surface area contributed by atoms with E-state index in [0.29, 0.717) is 17.2 Å². The number of pyridine rings is 1. The quantitative estimate of drug-likeness (QED) is 0.606.